The van der Waals surface area contributed by atoms with Crippen LogP contribution in [0.25, 0.3) is 0 Å². The Hall–Kier alpha value is -1.87. The second-order valence-electron chi connectivity index (χ2n) is 3.04. The van der Waals surface area contributed by atoms with E-state index in [1.165, 1.54) is 6.92 Å². The first-order valence-corrected chi connectivity index (χ1v) is 4.48. The highest BCUT2D eigenvalue weighted by atomic mass is 16.4. The standard InChI is InChI=1S/C8H16N4O3.2H2O/c1-5(13)12-6(7(14)15)3-2-4-11-8(9)10;;/h6H,2-4H2,1H3,(H,12,13)(H,14,15)(H4,9,10,11);2*1H2. The maximum Gasteiger partial charge on any atom is 0.326 e. The van der Waals surface area contributed by atoms with Crippen molar-refractivity contribution in [3.05, 3.63) is 0 Å². The largest absolute Gasteiger partial charge is 0.480 e. The van der Waals surface area contributed by atoms with E-state index < -0.39 is 12.0 Å². The topological polar surface area (TPSA) is 194 Å². The van der Waals surface area contributed by atoms with Crippen LogP contribution >= 0.6 is 0 Å². The van der Waals surface area contributed by atoms with Gasteiger partial charge in [-0.15, -0.1) is 0 Å². The molecule has 10 N–H and O–H groups in total. The van der Waals surface area contributed by atoms with Gasteiger partial charge in [-0.1, -0.05) is 0 Å². The summed E-state index contributed by atoms with van der Waals surface area (Å²) >= 11 is 0. The van der Waals surface area contributed by atoms with Crippen molar-refractivity contribution >= 4 is 17.8 Å². The maximum absolute atomic E-state index is 10.7. The molecule has 0 aromatic rings. The zero-order valence-corrected chi connectivity index (χ0v) is 9.56. The lowest BCUT2D eigenvalue weighted by Crippen LogP contribution is -2.39. The molecule has 0 radical (unpaired) electrons. The van der Waals surface area contributed by atoms with E-state index in [1.807, 2.05) is 0 Å². The van der Waals surface area contributed by atoms with Crippen molar-refractivity contribution in [3.8, 4) is 0 Å². The van der Waals surface area contributed by atoms with Crippen LogP contribution in [0.4, 0.5) is 0 Å². The predicted molar refractivity (Wildman–Crippen MR) is 62.4 cm³/mol. The van der Waals surface area contributed by atoms with Gasteiger partial charge in [0, 0.05) is 13.5 Å². The van der Waals surface area contributed by atoms with E-state index in [0.29, 0.717) is 19.4 Å². The average molecular weight is 252 g/mol. The number of rotatable bonds is 6. The molecule has 9 heteroatoms. The number of aliphatic imine (C=N–C) groups is 1. The molecule has 17 heavy (non-hydrogen) atoms. The summed E-state index contributed by atoms with van der Waals surface area (Å²) in [4.78, 5) is 25.0. The van der Waals surface area contributed by atoms with Gasteiger partial charge in [0.1, 0.15) is 6.04 Å². The lowest BCUT2D eigenvalue weighted by Gasteiger charge is -2.11. The molecule has 0 aromatic heterocycles. The van der Waals surface area contributed by atoms with Crippen LogP contribution in [0, 0.1) is 0 Å². The molecule has 0 aromatic carbocycles. The summed E-state index contributed by atoms with van der Waals surface area (Å²) in [5.41, 5.74) is 10.2. The number of carboxylic acid groups (broad SMARTS) is 1. The highest BCUT2D eigenvalue weighted by molar-refractivity contribution is 5.82. The van der Waals surface area contributed by atoms with Crippen molar-refractivity contribution in [1.29, 1.82) is 0 Å². The van der Waals surface area contributed by atoms with E-state index in [0.717, 1.165) is 0 Å². The number of carboxylic acids is 1. The zero-order valence-electron chi connectivity index (χ0n) is 9.56. The monoisotopic (exact) mass is 252 g/mol. The Morgan fingerprint density at radius 3 is 2.24 bits per heavy atom. The number of nitrogens with zero attached hydrogens (tertiary/aromatic N) is 1. The third-order valence-corrected chi connectivity index (χ3v) is 1.62. The van der Waals surface area contributed by atoms with Crippen LogP contribution in [0.15, 0.2) is 4.99 Å². The molecule has 0 spiro atoms. The normalized spacial score (nSPS) is 10.2. The first-order valence-electron chi connectivity index (χ1n) is 4.48. The van der Waals surface area contributed by atoms with Crippen molar-refractivity contribution in [2.24, 2.45) is 16.5 Å². The van der Waals surface area contributed by atoms with Gasteiger partial charge in [-0.2, -0.15) is 0 Å². The van der Waals surface area contributed by atoms with Gasteiger partial charge in [0.25, 0.3) is 0 Å². The summed E-state index contributed by atoms with van der Waals surface area (Å²) < 4.78 is 0. The third-order valence-electron chi connectivity index (χ3n) is 1.62. The minimum absolute atomic E-state index is 0. The van der Waals surface area contributed by atoms with Crippen LogP contribution in [0.5, 0.6) is 0 Å². The Balaban J connectivity index is -0.000000980. The van der Waals surface area contributed by atoms with Crippen LogP contribution in [0.3, 0.4) is 0 Å². The first kappa shape index (κ1) is 20.5. The van der Waals surface area contributed by atoms with Crippen molar-refractivity contribution < 1.29 is 25.6 Å². The highest BCUT2D eigenvalue weighted by Crippen LogP contribution is 1.98. The molecule has 0 fully saturated rings. The van der Waals surface area contributed by atoms with Gasteiger partial charge in [-0.25, -0.2) is 4.79 Å². The molecule has 1 unspecified atom stereocenters. The van der Waals surface area contributed by atoms with Gasteiger partial charge in [0.15, 0.2) is 5.96 Å². The van der Waals surface area contributed by atoms with Gasteiger partial charge >= 0.3 is 5.97 Å². The summed E-state index contributed by atoms with van der Waals surface area (Å²) in [6.07, 6.45) is 0.792. The fourth-order valence-electron chi connectivity index (χ4n) is 1.01. The van der Waals surface area contributed by atoms with E-state index in [2.05, 4.69) is 10.3 Å². The van der Waals surface area contributed by atoms with Crippen molar-refractivity contribution in [2.45, 2.75) is 25.8 Å². The van der Waals surface area contributed by atoms with Crippen molar-refractivity contribution in [3.63, 3.8) is 0 Å². The van der Waals surface area contributed by atoms with Crippen LogP contribution in [0.1, 0.15) is 19.8 Å². The molecule has 1 amide bonds. The number of carbonyl (C=O) groups is 2. The van der Waals surface area contributed by atoms with E-state index in [4.69, 9.17) is 16.6 Å². The summed E-state index contributed by atoms with van der Waals surface area (Å²) in [5.74, 6) is -1.46. The summed E-state index contributed by atoms with van der Waals surface area (Å²) in [7, 11) is 0. The lowest BCUT2D eigenvalue weighted by molar-refractivity contribution is -0.141. The van der Waals surface area contributed by atoms with E-state index in [9.17, 15) is 9.59 Å². The number of hydrogen-bond donors (Lipinski definition) is 4. The Labute approximate surface area is 98.5 Å². The Bertz CT molecular complexity index is 265. The molecule has 0 bridgehead atoms. The molecule has 0 saturated heterocycles. The summed E-state index contributed by atoms with van der Waals surface area (Å²) in [6.45, 7) is 1.62. The number of amides is 1. The molecule has 1 atom stereocenters. The molecular weight excluding hydrogens is 232 g/mol. The SMILES string of the molecule is CC(=O)NC(CCCN=C(N)N)C(=O)O.O.O. The minimum Gasteiger partial charge on any atom is -0.480 e. The van der Waals surface area contributed by atoms with Gasteiger partial charge in [0.05, 0.1) is 0 Å². The Morgan fingerprint density at radius 1 is 1.35 bits per heavy atom. The second kappa shape index (κ2) is 10.6. The van der Waals surface area contributed by atoms with Gasteiger partial charge in [-0.05, 0) is 12.8 Å². The maximum atomic E-state index is 10.7. The van der Waals surface area contributed by atoms with Crippen molar-refractivity contribution in [2.75, 3.05) is 6.54 Å². The average Bonchev–Trinajstić information content (AvgIpc) is 2.08. The number of hydrogen-bond acceptors (Lipinski definition) is 3. The van der Waals surface area contributed by atoms with Crippen LogP contribution in [-0.2, 0) is 9.59 Å². The lowest BCUT2D eigenvalue weighted by atomic mass is 10.1. The molecule has 0 aliphatic carbocycles. The third kappa shape index (κ3) is 12.1. The molecule has 0 saturated carbocycles. The molecule has 0 aliphatic rings. The van der Waals surface area contributed by atoms with Crippen molar-refractivity contribution in [1.82, 2.24) is 5.32 Å². The number of aliphatic carboxylic acids is 1. The fraction of sp³-hybridized carbons (Fsp3) is 0.625. The van der Waals surface area contributed by atoms with E-state index >= 15 is 0 Å². The highest BCUT2D eigenvalue weighted by Gasteiger charge is 2.17. The summed E-state index contributed by atoms with van der Waals surface area (Å²) in [5, 5.41) is 11.0. The number of nitrogens with one attached hydrogen (secondary N) is 1. The molecular formula is C8H20N4O5. The molecule has 0 aliphatic heterocycles. The van der Waals surface area contributed by atoms with E-state index in [-0.39, 0.29) is 22.8 Å². The Kier molecular flexibility index (Phi) is 12.9. The second-order valence-corrected chi connectivity index (χ2v) is 3.04. The smallest absolute Gasteiger partial charge is 0.326 e. The minimum atomic E-state index is -1.06. The van der Waals surface area contributed by atoms with Crippen LogP contribution in [-0.4, -0.2) is 46.5 Å². The predicted octanol–water partition coefficient (Wildman–Crippen LogP) is -3.02. The zero-order chi connectivity index (χ0) is 11.8. The van der Waals surface area contributed by atoms with Gasteiger partial charge < -0.3 is 32.8 Å². The first-order chi connectivity index (χ1) is 6.93. The van der Waals surface area contributed by atoms with Gasteiger partial charge in [0.2, 0.25) is 5.91 Å². The van der Waals surface area contributed by atoms with Crippen LogP contribution in [0.2, 0.25) is 0 Å². The Morgan fingerprint density at radius 2 is 1.88 bits per heavy atom. The van der Waals surface area contributed by atoms with Crippen LogP contribution < -0.4 is 16.8 Å². The molecule has 0 heterocycles. The molecule has 0 rings (SSSR count). The van der Waals surface area contributed by atoms with Gasteiger partial charge in [-0.3, -0.25) is 9.79 Å². The summed E-state index contributed by atoms with van der Waals surface area (Å²) in [6, 6.07) is -0.878. The number of guanidine groups is 1. The fourth-order valence-corrected chi connectivity index (χ4v) is 1.01. The molecule has 9 nitrogen and oxygen atoms in total. The van der Waals surface area contributed by atoms with E-state index in [1.54, 1.807) is 0 Å². The number of nitrogens with two attached hydrogens (primary N) is 2. The molecule has 102 valence electrons. The number of carbonyl (C=O) groups excluding carboxylic acids is 1. The quantitative estimate of drug-likeness (QED) is 0.221.